The zero-order chi connectivity index (χ0) is 26.4. The maximum Gasteiger partial charge on any atom is 0.417 e. The molecule has 0 aliphatic carbocycles. The van der Waals surface area contributed by atoms with Gasteiger partial charge in [0, 0.05) is 24.2 Å². The maximum atomic E-state index is 13.9. The third-order valence-corrected chi connectivity index (χ3v) is 6.81. The van der Waals surface area contributed by atoms with Crippen LogP contribution in [0.4, 0.5) is 13.2 Å². The molecule has 6 nitrogen and oxygen atoms in total. The number of nitrogens with two attached hydrogens (primary N) is 2. The minimum absolute atomic E-state index is 0.00833. The fraction of sp³-hybridized carbons (Fsp3) is 0.393. The molecule has 198 valence electrons. The summed E-state index contributed by atoms with van der Waals surface area (Å²) in [5.41, 5.74) is 14.1. The molecule has 9 heteroatoms. The molecule has 0 aromatic heterocycles. The molecule has 2 heterocycles. The number of allylic oxidation sites excluding steroid dienone is 2. The van der Waals surface area contributed by atoms with Gasteiger partial charge in [0.05, 0.1) is 11.6 Å². The van der Waals surface area contributed by atoms with Crippen LogP contribution in [-0.2, 0) is 6.18 Å². The van der Waals surface area contributed by atoms with Crippen molar-refractivity contribution in [2.75, 3.05) is 26.2 Å². The Hall–Kier alpha value is -3.46. The van der Waals surface area contributed by atoms with Crippen molar-refractivity contribution in [3.05, 3.63) is 88.5 Å². The molecule has 1 saturated heterocycles. The van der Waals surface area contributed by atoms with Gasteiger partial charge in [-0.25, -0.2) is 0 Å². The van der Waals surface area contributed by atoms with E-state index >= 15 is 0 Å². The summed E-state index contributed by atoms with van der Waals surface area (Å²) in [5.74, 6) is 0.882. The van der Waals surface area contributed by atoms with E-state index in [1.165, 1.54) is 24.6 Å². The van der Waals surface area contributed by atoms with Gasteiger partial charge in [-0.3, -0.25) is 4.99 Å². The molecule has 0 saturated carbocycles. The standard InChI is InChI=1S/C28H35F3N6/c1-2-24-20-11-4-5-12-21(20)27(35-24)36-25(32)18-22(19-10-6-7-13-23(19)28(29,30)31)26(33)34-14-17-37-15-8-3-9-16-37/h4-7,10-13,18,24,34H,2-3,8-9,14-17,32-33H2,1H3,(H,35,36)/b25-18+,26-22-. The topological polar surface area (TPSA) is 91.7 Å². The maximum absolute atomic E-state index is 13.9. The van der Waals surface area contributed by atoms with Crippen molar-refractivity contribution in [2.24, 2.45) is 16.5 Å². The number of hydrogen-bond donors (Lipinski definition) is 4. The number of alkyl halides is 3. The first kappa shape index (κ1) is 26.6. The second kappa shape index (κ2) is 11.7. The number of amidine groups is 1. The normalized spacial score (nSPS) is 19.2. The van der Waals surface area contributed by atoms with Gasteiger partial charge in [0.25, 0.3) is 0 Å². The van der Waals surface area contributed by atoms with Crippen LogP contribution < -0.4 is 22.1 Å². The predicted octanol–water partition coefficient (Wildman–Crippen LogP) is 4.71. The second-order valence-corrected chi connectivity index (χ2v) is 9.41. The first-order valence-corrected chi connectivity index (χ1v) is 12.8. The molecule has 1 atom stereocenters. The number of likely N-dealkylation sites (tertiary alicyclic amines) is 1. The number of hydrogen-bond acceptors (Lipinski definition) is 6. The lowest BCUT2D eigenvalue weighted by Crippen LogP contribution is -2.37. The molecule has 1 unspecified atom stereocenters. The van der Waals surface area contributed by atoms with Crippen LogP contribution in [0.25, 0.3) is 5.57 Å². The Bertz CT molecular complexity index is 1180. The molecule has 37 heavy (non-hydrogen) atoms. The number of nitrogens with zero attached hydrogens (tertiary/aromatic N) is 2. The fourth-order valence-electron chi connectivity index (χ4n) is 4.93. The molecule has 0 radical (unpaired) electrons. The second-order valence-electron chi connectivity index (χ2n) is 9.41. The molecule has 2 aromatic rings. The molecular formula is C28H35F3N6. The van der Waals surface area contributed by atoms with E-state index < -0.39 is 11.7 Å². The monoisotopic (exact) mass is 512 g/mol. The molecular weight excluding hydrogens is 477 g/mol. The number of halogens is 3. The summed E-state index contributed by atoms with van der Waals surface area (Å²) >= 11 is 0. The van der Waals surface area contributed by atoms with E-state index in [-0.39, 0.29) is 28.8 Å². The van der Waals surface area contributed by atoms with Crippen LogP contribution in [0, 0.1) is 0 Å². The first-order chi connectivity index (χ1) is 17.8. The summed E-state index contributed by atoms with van der Waals surface area (Å²) in [6.07, 6.45) is 1.28. The molecule has 2 aliphatic rings. The van der Waals surface area contributed by atoms with E-state index in [1.807, 2.05) is 24.3 Å². The molecule has 0 spiro atoms. The summed E-state index contributed by atoms with van der Waals surface area (Å²) in [6.45, 7) is 5.38. The Balaban J connectivity index is 1.63. The van der Waals surface area contributed by atoms with Crippen molar-refractivity contribution >= 4 is 11.4 Å². The van der Waals surface area contributed by atoms with E-state index in [0.717, 1.165) is 56.1 Å². The van der Waals surface area contributed by atoms with Gasteiger partial charge >= 0.3 is 6.18 Å². The van der Waals surface area contributed by atoms with Crippen LogP contribution in [0.2, 0.25) is 0 Å². The SMILES string of the molecule is CCC1N=C(N/C(N)=C/C(=C(\N)NCCN2CCCCC2)c2ccccc2C(F)(F)F)c2ccccc21. The Morgan fingerprint density at radius 3 is 2.49 bits per heavy atom. The van der Waals surface area contributed by atoms with E-state index in [4.69, 9.17) is 16.5 Å². The highest BCUT2D eigenvalue weighted by molar-refractivity contribution is 6.03. The van der Waals surface area contributed by atoms with Crippen molar-refractivity contribution in [2.45, 2.75) is 44.8 Å². The van der Waals surface area contributed by atoms with E-state index in [9.17, 15) is 13.2 Å². The van der Waals surface area contributed by atoms with E-state index in [2.05, 4.69) is 22.5 Å². The number of fused-ring (bicyclic) bond motifs is 1. The summed E-state index contributed by atoms with van der Waals surface area (Å²) in [5, 5.41) is 6.23. The lowest BCUT2D eigenvalue weighted by Gasteiger charge is -2.26. The van der Waals surface area contributed by atoms with Crippen molar-refractivity contribution in [3.63, 3.8) is 0 Å². The number of piperidine rings is 1. The van der Waals surface area contributed by atoms with Gasteiger partial charge < -0.3 is 27.0 Å². The van der Waals surface area contributed by atoms with Crippen LogP contribution >= 0.6 is 0 Å². The summed E-state index contributed by atoms with van der Waals surface area (Å²) in [6, 6.07) is 13.3. The van der Waals surface area contributed by atoms with Crippen LogP contribution in [-0.4, -0.2) is 36.9 Å². The third-order valence-electron chi connectivity index (χ3n) is 6.81. The van der Waals surface area contributed by atoms with Crippen molar-refractivity contribution in [3.8, 4) is 0 Å². The minimum atomic E-state index is -4.55. The highest BCUT2D eigenvalue weighted by Crippen LogP contribution is 2.36. The van der Waals surface area contributed by atoms with E-state index in [1.54, 1.807) is 6.07 Å². The number of rotatable bonds is 8. The molecule has 0 amide bonds. The largest absolute Gasteiger partial charge is 0.417 e. The van der Waals surface area contributed by atoms with Crippen LogP contribution in [0.1, 0.15) is 60.9 Å². The molecule has 1 fully saturated rings. The number of benzene rings is 2. The predicted molar refractivity (Wildman–Crippen MR) is 142 cm³/mol. The highest BCUT2D eigenvalue weighted by Gasteiger charge is 2.34. The van der Waals surface area contributed by atoms with Gasteiger partial charge in [-0.15, -0.1) is 0 Å². The van der Waals surface area contributed by atoms with Crippen molar-refractivity contribution in [1.29, 1.82) is 0 Å². The van der Waals surface area contributed by atoms with Gasteiger partial charge in [0.2, 0.25) is 0 Å². The average Bonchev–Trinajstić information content (AvgIpc) is 3.24. The molecule has 6 N–H and O–H groups in total. The molecule has 2 aliphatic heterocycles. The van der Waals surface area contributed by atoms with Gasteiger partial charge in [-0.05, 0) is 55.6 Å². The summed E-state index contributed by atoms with van der Waals surface area (Å²) in [4.78, 5) is 7.07. The number of aliphatic imine (C=N–C) groups is 1. The lowest BCUT2D eigenvalue weighted by molar-refractivity contribution is -0.137. The van der Waals surface area contributed by atoms with Crippen molar-refractivity contribution in [1.82, 2.24) is 15.5 Å². The average molecular weight is 513 g/mol. The third kappa shape index (κ3) is 6.46. The smallest absolute Gasteiger partial charge is 0.385 e. The zero-order valence-corrected chi connectivity index (χ0v) is 21.1. The van der Waals surface area contributed by atoms with Crippen LogP contribution in [0.15, 0.2) is 71.2 Å². The Morgan fingerprint density at radius 1 is 1.05 bits per heavy atom. The van der Waals surface area contributed by atoms with Gasteiger partial charge in [0.15, 0.2) is 0 Å². The Kier molecular flexibility index (Phi) is 8.43. The highest BCUT2D eigenvalue weighted by atomic mass is 19.4. The lowest BCUT2D eigenvalue weighted by atomic mass is 9.98. The molecule has 2 aromatic carbocycles. The van der Waals surface area contributed by atoms with Gasteiger partial charge in [0.1, 0.15) is 17.5 Å². The van der Waals surface area contributed by atoms with Crippen LogP contribution in [0.3, 0.4) is 0 Å². The fourth-order valence-corrected chi connectivity index (χ4v) is 4.93. The molecule has 4 rings (SSSR count). The Labute approximate surface area is 216 Å². The molecule has 0 bridgehead atoms. The Morgan fingerprint density at radius 2 is 1.76 bits per heavy atom. The summed E-state index contributed by atoms with van der Waals surface area (Å²) in [7, 11) is 0. The van der Waals surface area contributed by atoms with Crippen LogP contribution in [0.5, 0.6) is 0 Å². The first-order valence-electron chi connectivity index (χ1n) is 12.8. The van der Waals surface area contributed by atoms with Crippen molar-refractivity contribution < 1.29 is 13.2 Å². The minimum Gasteiger partial charge on any atom is -0.385 e. The van der Waals surface area contributed by atoms with Gasteiger partial charge in [-0.2, -0.15) is 13.2 Å². The zero-order valence-electron chi connectivity index (χ0n) is 21.1. The quantitative estimate of drug-likeness (QED) is 0.385. The number of nitrogens with one attached hydrogen (secondary N) is 2. The van der Waals surface area contributed by atoms with E-state index in [0.29, 0.717) is 12.4 Å². The summed E-state index contributed by atoms with van der Waals surface area (Å²) < 4.78 is 41.7. The van der Waals surface area contributed by atoms with Gasteiger partial charge in [-0.1, -0.05) is 55.8 Å².